The Morgan fingerprint density at radius 2 is 1.77 bits per heavy atom. The third kappa shape index (κ3) is 4.68. The third-order valence-corrected chi connectivity index (χ3v) is 4.82. The molecule has 0 aliphatic rings. The Bertz CT molecular complexity index is 1090. The zero-order valence-corrected chi connectivity index (χ0v) is 16.9. The number of para-hydroxylation sites is 1. The summed E-state index contributed by atoms with van der Waals surface area (Å²) in [5, 5.41) is 3.85. The molecule has 0 fully saturated rings. The van der Waals surface area contributed by atoms with Crippen LogP contribution in [0, 0.1) is 0 Å². The first-order chi connectivity index (χ1) is 14.7. The van der Waals surface area contributed by atoms with E-state index < -0.39 is 0 Å². The maximum atomic E-state index is 12.4. The number of amides is 1. The van der Waals surface area contributed by atoms with Gasteiger partial charge in [0.15, 0.2) is 0 Å². The summed E-state index contributed by atoms with van der Waals surface area (Å²) in [7, 11) is 0. The second-order valence-electron chi connectivity index (χ2n) is 6.94. The number of carbonyl (C=O) groups excluding carboxylic acids is 1. The lowest BCUT2D eigenvalue weighted by molar-refractivity contribution is -0.121. The van der Waals surface area contributed by atoms with E-state index >= 15 is 0 Å². The van der Waals surface area contributed by atoms with Crippen molar-refractivity contribution in [1.82, 2.24) is 15.3 Å². The van der Waals surface area contributed by atoms with Crippen LogP contribution in [-0.4, -0.2) is 22.4 Å². The van der Waals surface area contributed by atoms with Crippen molar-refractivity contribution >= 4 is 22.6 Å². The van der Waals surface area contributed by atoms with Crippen LogP contribution in [-0.2, 0) is 24.3 Å². The number of rotatable bonds is 9. The number of benzene rings is 1. The molecule has 4 rings (SSSR count). The smallest absolute Gasteiger partial charge is 0.222 e. The first-order valence-electron chi connectivity index (χ1n) is 10.0. The van der Waals surface area contributed by atoms with E-state index in [9.17, 15) is 4.79 Å². The average Bonchev–Trinajstić information content (AvgIpc) is 3.48. The molecule has 30 heavy (non-hydrogen) atoms. The second-order valence-corrected chi connectivity index (χ2v) is 6.94. The molecule has 0 unspecified atom stereocenters. The fraction of sp³-hybridized carbons (Fsp3) is 0.261. The van der Waals surface area contributed by atoms with Crippen molar-refractivity contribution in [3.05, 3.63) is 78.4 Å². The van der Waals surface area contributed by atoms with Crippen LogP contribution in [0.4, 0.5) is 5.82 Å². The van der Waals surface area contributed by atoms with Gasteiger partial charge in [-0.15, -0.1) is 0 Å². The number of aryl methyl sites for hydroxylation is 1. The number of nitrogens with zero attached hydrogens (tertiary/aromatic N) is 3. The Morgan fingerprint density at radius 1 is 1.00 bits per heavy atom. The van der Waals surface area contributed by atoms with Crippen molar-refractivity contribution in [2.45, 2.75) is 32.9 Å². The lowest BCUT2D eigenvalue weighted by atomic mass is 10.2. The molecule has 0 saturated heterocycles. The molecule has 1 amide bonds. The van der Waals surface area contributed by atoms with Crippen LogP contribution >= 0.6 is 0 Å². The largest absolute Gasteiger partial charge is 0.467 e. The SMILES string of the molecule is CCc1nc(N(CCC(=O)NCc2ccco2)Cc2ccco2)c2ccccc2n1. The van der Waals surface area contributed by atoms with E-state index in [0.29, 0.717) is 26.1 Å². The molecule has 0 radical (unpaired) electrons. The monoisotopic (exact) mass is 404 g/mol. The van der Waals surface area contributed by atoms with Crippen LogP contribution in [0.3, 0.4) is 0 Å². The van der Waals surface area contributed by atoms with Crippen LogP contribution < -0.4 is 10.2 Å². The maximum Gasteiger partial charge on any atom is 0.222 e. The highest BCUT2D eigenvalue weighted by Gasteiger charge is 2.17. The van der Waals surface area contributed by atoms with Gasteiger partial charge in [-0.25, -0.2) is 9.97 Å². The number of nitrogens with one attached hydrogen (secondary N) is 1. The summed E-state index contributed by atoms with van der Waals surface area (Å²) in [6, 6.07) is 15.4. The van der Waals surface area contributed by atoms with Crippen molar-refractivity contribution < 1.29 is 13.6 Å². The normalized spacial score (nSPS) is 11.0. The third-order valence-electron chi connectivity index (χ3n) is 4.82. The van der Waals surface area contributed by atoms with Crippen molar-refractivity contribution in [2.75, 3.05) is 11.4 Å². The van der Waals surface area contributed by atoms with E-state index in [4.69, 9.17) is 13.8 Å². The molecule has 7 nitrogen and oxygen atoms in total. The maximum absolute atomic E-state index is 12.4. The minimum atomic E-state index is -0.0510. The van der Waals surface area contributed by atoms with Gasteiger partial charge in [0.05, 0.1) is 31.1 Å². The van der Waals surface area contributed by atoms with Crippen LogP contribution in [0.1, 0.15) is 30.7 Å². The van der Waals surface area contributed by atoms with E-state index in [-0.39, 0.29) is 5.91 Å². The number of hydrogen-bond acceptors (Lipinski definition) is 6. The Kier molecular flexibility index (Phi) is 6.08. The molecule has 7 heteroatoms. The number of carbonyl (C=O) groups is 1. The topological polar surface area (TPSA) is 84.4 Å². The second kappa shape index (κ2) is 9.26. The number of furan rings is 2. The highest BCUT2D eigenvalue weighted by atomic mass is 16.3. The Morgan fingerprint density at radius 3 is 2.50 bits per heavy atom. The molecule has 3 aromatic heterocycles. The number of aromatic nitrogens is 2. The first-order valence-corrected chi connectivity index (χ1v) is 10.0. The molecule has 0 aliphatic carbocycles. The molecule has 1 N–H and O–H groups in total. The quantitative estimate of drug-likeness (QED) is 0.452. The number of hydrogen-bond donors (Lipinski definition) is 1. The predicted octanol–water partition coefficient (Wildman–Crippen LogP) is 4.09. The zero-order chi connectivity index (χ0) is 20.8. The molecule has 0 spiro atoms. The van der Waals surface area contributed by atoms with Gasteiger partial charge in [-0.05, 0) is 36.4 Å². The van der Waals surface area contributed by atoms with Gasteiger partial charge in [0, 0.05) is 24.8 Å². The van der Waals surface area contributed by atoms with Gasteiger partial charge in [0.25, 0.3) is 0 Å². The average molecular weight is 404 g/mol. The predicted molar refractivity (Wildman–Crippen MR) is 114 cm³/mol. The molecule has 4 aromatic rings. The van der Waals surface area contributed by atoms with Gasteiger partial charge in [-0.2, -0.15) is 0 Å². The standard InChI is InChI=1S/C23H24N4O3/c1-2-21-25-20-10-4-3-9-19(20)23(26-21)27(16-18-8-6-14-30-18)12-11-22(28)24-15-17-7-5-13-29-17/h3-10,13-14H,2,11-12,15-16H2,1H3,(H,24,28). The summed E-state index contributed by atoms with van der Waals surface area (Å²) in [5.41, 5.74) is 0.895. The fourth-order valence-electron chi connectivity index (χ4n) is 3.28. The van der Waals surface area contributed by atoms with E-state index in [1.54, 1.807) is 18.6 Å². The van der Waals surface area contributed by atoms with Gasteiger partial charge >= 0.3 is 0 Å². The lowest BCUT2D eigenvalue weighted by Crippen LogP contribution is -2.31. The molecular formula is C23H24N4O3. The molecule has 0 bridgehead atoms. The summed E-state index contributed by atoms with van der Waals surface area (Å²) in [4.78, 5) is 23.9. The highest BCUT2D eigenvalue weighted by Crippen LogP contribution is 2.26. The van der Waals surface area contributed by atoms with Crippen molar-refractivity contribution in [3.8, 4) is 0 Å². The molecule has 3 heterocycles. The fourth-order valence-corrected chi connectivity index (χ4v) is 3.28. The van der Waals surface area contributed by atoms with Gasteiger partial charge in [-0.1, -0.05) is 19.1 Å². The minimum absolute atomic E-state index is 0.0510. The Labute approximate surface area is 174 Å². The molecule has 0 saturated carbocycles. The van der Waals surface area contributed by atoms with Crippen LogP contribution in [0.2, 0.25) is 0 Å². The highest BCUT2D eigenvalue weighted by molar-refractivity contribution is 5.89. The summed E-state index contributed by atoms with van der Waals surface area (Å²) in [6.45, 7) is 3.42. The van der Waals surface area contributed by atoms with Crippen molar-refractivity contribution in [1.29, 1.82) is 0 Å². The zero-order valence-electron chi connectivity index (χ0n) is 16.9. The van der Waals surface area contributed by atoms with Crippen molar-refractivity contribution in [3.63, 3.8) is 0 Å². The molecule has 154 valence electrons. The Balaban J connectivity index is 1.55. The minimum Gasteiger partial charge on any atom is -0.467 e. The van der Waals surface area contributed by atoms with Gasteiger partial charge in [0.2, 0.25) is 5.91 Å². The Hall–Kier alpha value is -3.61. The van der Waals surface area contributed by atoms with E-state index in [0.717, 1.165) is 40.5 Å². The number of fused-ring (bicyclic) bond motifs is 1. The molecule has 1 aromatic carbocycles. The van der Waals surface area contributed by atoms with E-state index in [1.807, 2.05) is 49.4 Å². The summed E-state index contributed by atoms with van der Waals surface area (Å²) < 4.78 is 10.8. The molecule has 0 atom stereocenters. The van der Waals surface area contributed by atoms with E-state index in [2.05, 4.69) is 15.2 Å². The summed E-state index contributed by atoms with van der Waals surface area (Å²) >= 11 is 0. The molecule has 0 aliphatic heterocycles. The van der Waals surface area contributed by atoms with Crippen LogP contribution in [0.25, 0.3) is 10.9 Å². The van der Waals surface area contributed by atoms with E-state index in [1.165, 1.54) is 0 Å². The lowest BCUT2D eigenvalue weighted by Gasteiger charge is -2.24. The van der Waals surface area contributed by atoms with Gasteiger partial charge in [-0.3, -0.25) is 4.79 Å². The van der Waals surface area contributed by atoms with Gasteiger partial charge in [0.1, 0.15) is 23.2 Å². The van der Waals surface area contributed by atoms with Crippen LogP contribution in [0.5, 0.6) is 0 Å². The van der Waals surface area contributed by atoms with Gasteiger partial charge < -0.3 is 19.1 Å². The molecular weight excluding hydrogens is 380 g/mol. The summed E-state index contributed by atoms with van der Waals surface area (Å²) in [6.07, 6.45) is 4.30. The van der Waals surface area contributed by atoms with Crippen molar-refractivity contribution in [2.24, 2.45) is 0 Å². The summed E-state index contributed by atoms with van der Waals surface area (Å²) in [5.74, 6) is 3.07. The number of anilines is 1. The first kappa shape index (κ1) is 19.7. The van der Waals surface area contributed by atoms with Crippen LogP contribution in [0.15, 0.2) is 69.9 Å².